The number of thioether (sulfide) groups is 1. The van der Waals surface area contributed by atoms with Gasteiger partial charge in [-0.05, 0) is 30.7 Å². The molecule has 0 amide bonds. The number of aromatic nitrogens is 2. The molecule has 0 saturated heterocycles. The monoisotopic (exact) mass is 356 g/mol. The van der Waals surface area contributed by atoms with Crippen LogP contribution >= 0.6 is 11.8 Å². The van der Waals surface area contributed by atoms with Crippen molar-refractivity contribution in [2.45, 2.75) is 25.0 Å². The van der Waals surface area contributed by atoms with E-state index in [4.69, 9.17) is 0 Å². The smallest absolute Gasteiger partial charge is 0.262 e. The highest BCUT2D eigenvalue weighted by molar-refractivity contribution is 7.99. The van der Waals surface area contributed by atoms with E-state index in [1.165, 1.54) is 30.0 Å². The van der Waals surface area contributed by atoms with Crippen LogP contribution in [0.5, 0.6) is 0 Å². The molecule has 0 aliphatic carbocycles. The lowest BCUT2D eigenvalue weighted by molar-refractivity contribution is 0.102. The number of carbonyl (C=O) groups is 1. The van der Waals surface area contributed by atoms with Crippen molar-refractivity contribution in [3.8, 4) is 0 Å². The van der Waals surface area contributed by atoms with Crippen molar-refractivity contribution in [2.75, 3.05) is 5.75 Å². The average Bonchev–Trinajstić information content (AvgIpc) is 2.62. The van der Waals surface area contributed by atoms with Crippen molar-refractivity contribution in [2.24, 2.45) is 0 Å². The highest BCUT2D eigenvalue weighted by Crippen LogP contribution is 2.19. The summed E-state index contributed by atoms with van der Waals surface area (Å²) in [5, 5.41) is 1.08. The Morgan fingerprint density at radius 1 is 1.20 bits per heavy atom. The third kappa shape index (κ3) is 3.79. The Morgan fingerprint density at radius 3 is 2.76 bits per heavy atom. The molecule has 6 heteroatoms. The first-order valence-corrected chi connectivity index (χ1v) is 9.00. The van der Waals surface area contributed by atoms with Gasteiger partial charge in [-0.15, -0.1) is 0 Å². The predicted octanol–water partition coefficient (Wildman–Crippen LogP) is 3.92. The van der Waals surface area contributed by atoms with Gasteiger partial charge in [0.25, 0.3) is 5.56 Å². The van der Waals surface area contributed by atoms with Gasteiger partial charge < -0.3 is 0 Å². The van der Waals surface area contributed by atoms with Gasteiger partial charge in [-0.1, -0.05) is 43.0 Å². The van der Waals surface area contributed by atoms with E-state index in [2.05, 4.69) is 4.98 Å². The van der Waals surface area contributed by atoms with E-state index in [0.29, 0.717) is 28.2 Å². The molecule has 0 spiro atoms. The molecule has 2 aromatic carbocycles. The van der Waals surface area contributed by atoms with E-state index >= 15 is 0 Å². The number of ketones is 1. The topological polar surface area (TPSA) is 52.0 Å². The maximum absolute atomic E-state index is 13.3. The number of hydrogen-bond acceptors (Lipinski definition) is 4. The molecular weight excluding hydrogens is 339 g/mol. The maximum atomic E-state index is 13.3. The van der Waals surface area contributed by atoms with Gasteiger partial charge in [-0.3, -0.25) is 14.2 Å². The summed E-state index contributed by atoms with van der Waals surface area (Å²) >= 11 is 1.20. The van der Waals surface area contributed by atoms with Crippen molar-refractivity contribution < 1.29 is 9.18 Å². The normalized spacial score (nSPS) is 11.0. The third-order valence-corrected chi connectivity index (χ3v) is 4.73. The number of hydrogen-bond donors (Lipinski definition) is 0. The first-order valence-electron chi connectivity index (χ1n) is 8.01. The van der Waals surface area contributed by atoms with Crippen molar-refractivity contribution in [3.63, 3.8) is 0 Å². The van der Waals surface area contributed by atoms with Crippen LogP contribution in [0.4, 0.5) is 4.39 Å². The van der Waals surface area contributed by atoms with Crippen LogP contribution in [0.3, 0.4) is 0 Å². The second-order valence-corrected chi connectivity index (χ2v) is 6.53. The van der Waals surface area contributed by atoms with Crippen molar-refractivity contribution in [1.29, 1.82) is 0 Å². The fourth-order valence-corrected chi connectivity index (χ4v) is 3.47. The maximum Gasteiger partial charge on any atom is 0.262 e. The zero-order valence-electron chi connectivity index (χ0n) is 13.7. The third-order valence-electron chi connectivity index (χ3n) is 3.75. The molecule has 4 nitrogen and oxygen atoms in total. The minimum Gasteiger partial charge on any atom is -0.293 e. The van der Waals surface area contributed by atoms with E-state index in [9.17, 15) is 14.0 Å². The van der Waals surface area contributed by atoms with Crippen molar-refractivity contribution >= 4 is 28.4 Å². The fourth-order valence-electron chi connectivity index (χ4n) is 2.55. The molecule has 25 heavy (non-hydrogen) atoms. The Kier molecular flexibility index (Phi) is 5.28. The van der Waals surface area contributed by atoms with Gasteiger partial charge in [-0.25, -0.2) is 9.37 Å². The van der Waals surface area contributed by atoms with E-state index < -0.39 is 5.82 Å². The lowest BCUT2D eigenvalue weighted by Gasteiger charge is -2.12. The molecule has 0 bridgehead atoms. The van der Waals surface area contributed by atoms with E-state index in [1.807, 2.05) is 19.1 Å². The molecule has 0 radical (unpaired) electrons. The van der Waals surface area contributed by atoms with Crippen LogP contribution in [0.2, 0.25) is 0 Å². The number of benzene rings is 2. The minimum absolute atomic E-state index is 0.0952. The number of fused-ring (bicyclic) bond motifs is 1. The second kappa shape index (κ2) is 7.61. The van der Waals surface area contributed by atoms with E-state index in [-0.39, 0.29) is 17.1 Å². The van der Waals surface area contributed by atoms with E-state index in [0.717, 1.165) is 6.42 Å². The Hall–Kier alpha value is -2.47. The average molecular weight is 356 g/mol. The van der Waals surface area contributed by atoms with Gasteiger partial charge >= 0.3 is 0 Å². The number of carbonyl (C=O) groups excluding carboxylic acids is 1. The molecule has 3 rings (SSSR count). The zero-order chi connectivity index (χ0) is 17.8. The number of nitrogens with zero attached hydrogens (tertiary/aromatic N) is 2. The summed E-state index contributed by atoms with van der Waals surface area (Å²) in [5.74, 6) is -0.546. The Morgan fingerprint density at radius 2 is 2.00 bits per heavy atom. The lowest BCUT2D eigenvalue weighted by Crippen LogP contribution is -2.23. The molecule has 0 fully saturated rings. The molecule has 0 N–H and O–H groups in total. The zero-order valence-corrected chi connectivity index (χ0v) is 14.6. The summed E-state index contributed by atoms with van der Waals surface area (Å²) in [7, 11) is 0. The number of para-hydroxylation sites is 1. The number of Topliss-reactive ketones (excluding diaryl/α,β-unsaturated/α-hetero) is 1. The van der Waals surface area contributed by atoms with Gasteiger partial charge in [-0.2, -0.15) is 0 Å². The summed E-state index contributed by atoms with van der Waals surface area (Å²) in [5.41, 5.74) is 0.825. The van der Waals surface area contributed by atoms with Crippen LogP contribution in [0.15, 0.2) is 58.5 Å². The molecule has 1 heterocycles. The summed E-state index contributed by atoms with van der Waals surface area (Å²) in [6.07, 6.45) is 0.783. The number of halogens is 1. The van der Waals surface area contributed by atoms with Gasteiger partial charge in [0.05, 0.1) is 16.7 Å². The summed E-state index contributed by atoms with van der Waals surface area (Å²) in [6, 6.07) is 12.8. The summed E-state index contributed by atoms with van der Waals surface area (Å²) in [6.45, 7) is 2.52. The molecule has 3 aromatic rings. The molecule has 0 atom stereocenters. The minimum atomic E-state index is -0.442. The first-order chi connectivity index (χ1) is 12.1. The van der Waals surface area contributed by atoms with Crippen LogP contribution < -0.4 is 5.56 Å². The fraction of sp³-hybridized carbons (Fsp3) is 0.211. The Bertz CT molecular complexity index is 985. The Balaban J connectivity index is 1.91. The number of rotatable bonds is 6. The molecule has 0 unspecified atom stereocenters. The van der Waals surface area contributed by atoms with Crippen LogP contribution in [-0.2, 0) is 6.54 Å². The molecule has 0 aliphatic heterocycles. The standard InChI is InChI=1S/C19H17FN2O2S/c1-2-10-22-18(24)15-8-3-4-9-16(15)21-19(22)25-12-17(23)13-6-5-7-14(20)11-13/h3-9,11H,2,10,12H2,1H3. The second-order valence-electron chi connectivity index (χ2n) is 5.59. The van der Waals surface area contributed by atoms with Gasteiger partial charge in [0, 0.05) is 12.1 Å². The van der Waals surface area contributed by atoms with Crippen LogP contribution in [-0.4, -0.2) is 21.1 Å². The quantitative estimate of drug-likeness (QED) is 0.382. The highest BCUT2D eigenvalue weighted by atomic mass is 32.2. The van der Waals surface area contributed by atoms with Crippen molar-refractivity contribution in [1.82, 2.24) is 9.55 Å². The van der Waals surface area contributed by atoms with Gasteiger partial charge in [0.2, 0.25) is 0 Å². The summed E-state index contributed by atoms with van der Waals surface area (Å²) in [4.78, 5) is 29.5. The van der Waals surface area contributed by atoms with Crippen molar-refractivity contribution in [3.05, 3.63) is 70.3 Å². The highest BCUT2D eigenvalue weighted by Gasteiger charge is 2.14. The van der Waals surface area contributed by atoms with E-state index in [1.54, 1.807) is 22.8 Å². The lowest BCUT2D eigenvalue weighted by atomic mass is 10.1. The van der Waals surface area contributed by atoms with Crippen LogP contribution in [0, 0.1) is 5.82 Å². The molecule has 0 saturated carbocycles. The first kappa shape index (κ1) is 17.4. The van der Waals surface area contributed by atoms with Gasteiger partial charge in [0.1, 0.15) is 5.82 Å². The molecule has 128 valence electrons. The van der Waals surface area contributed by atoms with Crippen LogP contribution in [0.25, 0.3) is 10.9 Å². The molecular formula is C19H17FN2O2S. The largest absolute Gasteiger partial charge is 0.293 e. The molecule has 0 aliphatic rings. The predicted molar refractivity (Wildman–Crippen MR) is 97.7 cm³/mol. The Labute approximate surface area is 148 Å². The summed E-state index contributed by atoms with van der Waals surface area (Å²) < 4.78 is 14.9. The SMILES string of the molecule is CCCn1c(SCC(=O)c2cccc(F)c2)nc2ccccc2c1=O. The molecule has 1 aromatic heterocycles. The van der Waals surface area contributed by atoms with Crippen LogP contribution in [0.1, 0.15) is 23.7 Å². The van der Waals surface area contributed by atoms with Gasteiger partial charge in [0.15, 0.2) is 10.9 Å².